The highest BCUT2D eigenvalue weighted by atomic mass is 32.2. The van der Waals surface area contributed by atoms with Crippen molar-refractivity contribution in [1.82, 2.24) is 5.32 Å². The van der Waals surface area contributed by atoms with Gasteiger partial charge in [-0.15, -0.1) is 0 Å². The minimum Gasteiger partial charge on any atom is -0.497 e. The summed E-state index contributed by atoms with van der Waals surface area (Å²) in [4.78, 5) is 24.5. The van der Waals surface area contributed by atoms with E-state index in [4.69, 9.17) is 9.15 Å². The lowest BCUT2D eigenvalue weighted by Gasteiger charge is -2.15. The highest BCUT2D eigenvalue weighted by Gasteiger charge is 2.37. The van der Waals surface area contributed by atoms with Crippen molar-refractivity contribution in [1.29, 1.82) is 0 Å². The molecule has 2 aromatic rings. The van der Waals surface area contributed by atoms with Crippen LogP contribution in [0.2, 0.25) is 0 Å². The molecule has 2 N–H and O–H groups in total. The van der Waals surface area contributed by atoms with Crippen molar-refractivity contribution < 1.29 is 27.5 Å². The summed E-state index contributed by atoms with van der Waals surface area (Å²) in [7, 11) is -1.87. The van der Waals surface area contributed by atoms with Gasteiger partial charge in [-0.3, -0.25) is 4.79 Å². The SMILES string of the molecule is COc1ccc2c(C)c(CC(=O)N[C@@H]3CS(=O)(=O)C[C@@H]3O)c(=O)oc2c1. The van der Waals surface area contributed by atoms with Crippen LogP contribution in [0.15, 0.2) is 27.4 Å². The number of sulfone groups is 1. The zero-order chi connectivity index (χ0) is 19.1. The fourth-order valence-corrected chi connectivity index (χ4v) is 4.83. The van der Waals surface area contributed by atoms with Gasteiger partial charge in [-0.1, -0.05) is 0 Å². The van der Waals surface area contributed by atoms with E-state index in [1.54, 1.807) is 25.1 Å². The minimum atomic E-state index is -3.37. The van der Waals surface area contributed by atoms with Gasteiger partial charge in [0.1, 0.15) is 11.3 Å². The number of benzene rings is 1. The molecular weight excluding hydrogens is 362 g/mol. The van der Waals surface area contributed by atoms with E-state index < -0.39 is 33.5 Å². The Morgan fingerprint density at radius 2 is 2.12 bits per heavy atom. The molecule has 0 radical (unpaired) electrons. The van der Waals surface area contributed by atoms with Crippen molar-refractivity contribution in [3.63, 3.8) is 0 Å². The predicted octanol–water partition coefficient (Wildman–Crippen LogP) is -0.0734. The Balaban J connectivity index is 1.84. The first-order chi connectivity index (χ1) is 12.2. The number of carbonyl (C=O) groups excluding carboxylic acids is 1. The Bertz CT molecular complexity index is 1030. The van der Waals surface area contributed by atoms with Gasteiger partial charge in [-0.25, -0.2) is 13.2 Å². The number of rotatable bonds is 4. The van der Waals surface area contributed by atoms with Crippen LogP contribution in [0.4, 0.5) is 0 Å². The van der Waals surface area contributed by atoms with Crippen LogP contribution in [0.1, 0.15) is 11.1 Å². The molecule has 0 saturated carbocycles. The summed E-state index contributed by atoms with van der Waals surface area (Å²) < 4.78 is 33.4. The summed E-state index contributed by atoms with van der Waals surface area (Å²) >= 11 is 0. The first-order valence-electron chi connectivity index (χ1n) is 7.98. The summed E-state index contributed by atoms with van der Waals surface area (Å²) in [6.45, 7) is 1.71. The summed E-state index contributed by atoms with van der Waals surface area (Å²) in [5, 5.41) is 12.9. The molecule has 1 aromatic heterocycles. The van der Waals surface area contributed by atoms with E-state index in [2.05, 4.69) is 5.32 Å². The van der Waals surface area contributed by atoms with E-state index in [0.717, 1.165) is 0 Å². The highest BCUT2D eigenvalue weighted by Crippen LogP contribution is 2.24. The third kappa shape index (κ3) is 3.58. The second-order valence-corrected chi connectivity index (χ2v) is 8.50. The lowest BCUT2D eigenvalue weighted by molar-refractivity contribution is -0.121. The quantitative estimate of drug-likeness (QED) is 0.711. The number of methoxy groups -OCH3 is 1. The van der Waals surface area contributed by atoms with Crippen molar-refractivity contribution in [3.05, 3.63) is 39.7 Å². The van der Waals surface area contributed by atoms with E-state index in [-0.39, 0.29) is 23.5 Å². The normalized spacial score (nSPS) is 21.7. The van der Waals surface area contributed by atoms with Crippen molar-refractivity contribution >= 4 is 26.7 Å². The van der Waals surface area contributed by atoms with Gasteiger partial charge < -0.3 is 19.6 Å². The van der Waals surface area contributed by atoms with Crippen molar-refractivity contribution in [2.24, 2.45) is 0 Å². The standard InChI is InChI=1S/C17H19NO7S/c1-9-11-4-3-10(24-2)5-15(11)25-17(21)12(9)6-16(20)18-13-7-26(22,23)8-14(13)19/h3-5,13-14,19H,6-8H2,1-2H3,(H,18,20)/t13-,14+/m1/s1. The van der Waals surface area contributed by atoms with E-state index >= 15 is 0 Å². The third-order valence-electron chi connectivity index (χ3n) is 4.50. The van der Waals surface area contributed by atoms with Gasteiger partial charge in [0, 0.05) is 11.5 Å². The van der Waals surface area contributed by atoms with Crippen molar-refractivity contribution in [2.45, 2.75) is 25.5 Å². The van der Waals surface area contributed by atoms with Crippen LogP contribution in [0.3, 0.4) is 0 Å². The Kier molecular flexibility index (Phi) is 4.76. The van der Waals surface area contributed by atoms with Crippen molar-refractivity contribution in [3.8, 4) is 5.75 Å². The molecule has 1 amide bonds. The molecule has 9 heteroatoms. The van der Waals surface area contributed by atoms with E-state index in [1.807, 2.05) is 0 Å². The van der Waals surface area contributed by atoms with Crippen molar-refractivity contribution in [2.75, 3.05) is 18.6 Å². The maximum Gasteiger partial charge on any atom is 0.340 e. The smallest absolute Gasteiger partial charge is 0.340 e. The number of aliphatic hydroxyl groups is 1. The van der Waals surface area contributed by atoms with Gasteiger partial charge in [-0.2, -0.15) is 0 Å². The van der Waals surface area contributed by atoms with Gasteiger partial charge in [0.15, 0.2) is 9.84 Å². The number of fused-ring (bicyclic) bond motifs is 1. The minimum absolute atomic E-state index is 0.190. The molecule has 1 aliphatic heterocycles. The van der Waals surface area contributed by atoms with E-state index in [1.165, 1.54) is 7.11 Å². The molecule has 3 rings (SSSR count). The Morgan fingerprint density at radius 1 is 1.38 bits per heavy atom. The van der Waals surface area contributed by atoms with Crippen LogP contribution in [0.25, 0.3) is 11.0 Å². The molecule has 2 atom stereocenters. The van der Waals surface area contributed by atoms with Gasteiger partial charge in [0.25, 0.3) is 0 Å². The molecule has 8 nitrogen and oxygen atoms in total. The summed E-state index contributed by atoms with van der Waals surface area (Å²) in [6.07, 6.45) is -1.41. The molecule has 1 aromatic carbocycles. The number of aryl methyl sites for hydroxylation is 1. The fourth-order valence-electron chi connectivity index (χ4n) is 3.09. The maximum absolute atomic E-state index is 12.3. The van der Waals surface area contributed by atoms with Crippen LogP contribution in [0, 0.1) is 6.92 Å². The van der Waals surface area contributed by atoms with Crippen LogP contribution in [0.5, 0.6) is 5.75 Å². The molecular formula is C17H19NO7S. The Labute approximate surface area is 149 Å². The van der Waals surface area contributed by atoms with Crippen LogP contribution in [-0.4, -0.2) is 50.2 Å². The van der Waals surface area contributed by atoms with Crippen LogP contribution in [-0.2, 0) is 21.1 Å². The Hall–Kier alpha value is -2.39. The molecule has 2 heterocycles. The number of ether oxygens (including phenoxy) is 1. The second-order valence-electron chi connectivity index (χ2n) is 6.35. The number of amides is 1. The topological polar surface area (TPSA) is 123 Å². The molecule has 0 spiro atoms. The lowest BCUT2D eigenvalue weighted by atomic mass is 10.0. The van der Waals surface area contributed by atoms with Gasteiger partial charge >= 0.3 is 5.63 Å². The number of carbonyl (C=O) groups is 1. The molecule has 0 unspecified atom stereocenters. The average Bonchev–Trinajstić information content (AvgIpc) is 2.82. The number of nitrogens with one attached hydrogen (secondary N) is 1. The van der Waals surface area contributed by atoms with Gasteiger partial charge in [0.05, 0.1) is 42.7 Å². The molecule has 1 fully saturated rings. The molecule has 1 aliphatic rings. The maximum atomic E-state index is 12.3. The highest BCUT2D eigenvalue weighted by molar-refractivity contribution is 7.91. The van der Waals surface area contributed by atoms with E-state index in [9.17, 15) is 23.1 Å². The molecule has 0 bridgehead atoms. The zero-order valence-corrected chi connectivity index (χ0v) is 15.1. The van der Waals surface area contributed by atoms with Crippen LogP contribution < -0.4 is 15.7 Å². The number of aliphatic hydroxyl groups excluding tert-OH is 1. The lowest BCUT2D eigenvalue weighted by Crippen LogP contribution is -2.43. The third-order valence-corrected chi connectivity index (χ3v) is 6.22. The van der Waals surface area contributed by atoms with E-state index in [0.29, 0.717) is 22.3 Å². The first-order valence-corrected chi connectivity index (χ1v) is 9.80. The number of hydrogen-bond donors (Lipinski definition) is 2. The predicted molar refractivity (Wildman–Crippen MR) is 94.1 cm³/mol. The molecule has 0 aliphatic carbocycles. The molecule has 140 valence electrons. The Morgan fingerprint density at radius 3 is 2.73 bits per heavy atom. The fraction of sp³-hybridized carbons (Fsp3) is 0.412. The van der Waals surface area contributed by atoms with Gasteiger partial charge in [0.2, 0.25) is 5.91 Å². The second kappa shape index (κ2) is 6.73. The monoisotopic (exact) mass is 381 g/mol. The average molecular weight is 381 g/mol. The largest absolute Gasteiger partial charge is 0.497 e. The van der Waals surface area contributed by atoms with Crippen LogP contribution >= 0.6 is 0 Å². The summed E-state index contributed by atoms with van der Waals surface area (Å²) in [6, 6.07) is 4.18. The zero-order valence-electron chi connectivity index (χ0n) is 14.3. The molecule has 26 heavy (non-hydrogen) atoms. The first kappa shape index (κ1) is 18.4. The number of hydrogen-bond acceptors (Lipinski definition) is 7. The molecule has 1 saturated heterocycles. The van der Waals surface area contributed by atoms with Gasteiger partial charge in [-0.05, 0) is 24.6 Å². The summed E-state index contributed by atoms with van der Waals surface area (Å²) in [5.41, 5.74) is 0.510. The summed E-state index contributed by atoms with van der Waals surface area (Å²) in [5.74, 6) is -0.696.